The van der Waals surface area contributed by atoms with E-state index in [9.17, 15) is 14.0 Å². The Hall–Kier alpha value is -3.27. The van der Waals surface area contributed by atoms with E-state index in [-0.39, 0.29) is 22.8 Å². The Balaban J connectivity index is 1.93. The smallest absolute Gasteiger partial charge is 0.256 e. The van der Waals surface area contributed by atoms with Crippen LogP contribution in [0.15, 0.2) is 66.7 Å². The van der Waals surface area contributed by atoms with Gasteiger partial charge in [-0.1, -0.05) is 30.3 Å². The highest BCUT2D eigenvalue weighted by Gasteiger charge is 2.18. The molecular formula is C22H18FNO2. The summed E-state index contributed by atoms with van der Waals surface area (Å²) in [6, 6.07) is 17.7. The average molecular weight is 347 g/mol. The minimum Gasteiger partial charge on any atom is -0.322 e. The van der Waals surface area contributed by atoms with Crippen LogP contribution in [0.4, 0.5) is 10.1 Å². The molecule has 130 valence electrons. The predicted octanol–water partition coefficient (Wildman–Crippen LogP) is 4.93. The van der Waals surface area contributed by atoms with Crippen LogP contribution in [0.25, 0.3) is 0 Å². The van der Waals surface area contributed by atoms with Gasteiger partial charge in [-0.15, -0.1) is 0 Å². The number of carbonyl (C=O) groups is 2. The van der Waals surface area contributed by atoms with Gasteiger partial charge in [0.15, 0.2) is 5.78 Å². The summed E-state index contributed by atoms with van der Waals surface area (Å²) in [4.78, 5) is 25.5. The molecule has 3 aromatic rings. The number of nitrogens with one attached hydrogen (secondary N) is 1. The molecule has 4 heteroatoms. The van der Waals surface area contributed by atoms with Crippen molar-refractivity contribution >= 4 is 17.4 Å². The number of anilines is 1. The molecule has 1 N–H and O–H groups in total. The summed E-state index contributed by atoms with van der Waals surface area (Å²) < 4.78 is 13.1. The van der Waals surface area contributed by atoms with Gasteiger partial charge < -0.3 is 5.32 Å². The number of benzene rings is 3. The minimum atomic E-state index is -0.414. The first-order valence-electron chi connectivity index (χ1n) is 8.23. The SMILES string of the molecule is Cc1ccc(C)c(NC(=O)c2ccccc2C(=O)c2ccc(F)cc2)c1. The zero-order valence-corrected chi connectivity index (χ0v) is 14.5. The van der Waals surface area contributed by atoms with Crippen molar-refractivity contribution in [3.05, 3.63) is 100 Å². The van der Waals surface area contributed by atoms with Gasteiger partial charge in [-0.2, -0.15) is 0 Å². The lowest BCUT2D eigenvalue weighted by Crippen LogP contribution is -2.17. The van der Waals surface area contributed by atoms with E-state index in [0.717, 1.165) is 11.1 Å². The molecule has 0 bridgehead atoms. The maximum Gasteiger partial charge on any atom is 0.256 e. The maximum atomic E-state index is 13.1. The van der Waals surface area contributed by atoms with Crippen molar-refractivity contribution < 1.29 is 14.0 Å². The first-order valence-corrected chi connectivity index (χ1v) is 8.23. The van der Waals surface area contributed by atoms with Crippen molar-refractivity contribution in [1.29, 1.82) is 0 Å². The lowest BCUT2D eigenvalue weighted by atomic mass is 9.97. The molecule has 26 heavy (non-hydrogen) atoms. The molecule has 0 fully saturated rings. The molecular weight excluding hydrogens is 329 g/mol. The second-order valence-electron chi connectivity index (χ2n) is 6.15. The molecule has 0 aliphatic heterocycles. The van der Waals surface area contributed by atoms with Gasteiger partial charge in [0.05, 0.1) is 5.56 Å². The lowest BCUT2D eigenvalue weighted by Gasteiger charge is -2.12. The van der Waals surface area contributed by atoms with Crippen LogP contribution in [0.1, 0.15) is 37.4 Å². The molecule has 1 amide bonds. The quantitative estimate of drug-likeness (QED) is 0.681. The van der Waals surface area contributed by atoms with Gasteiger partial charge in [0, 0.05) is 16.8 Å². The van der Waals surface area contributed by atoms with E-state index >= 15 is 0 Å². The van der Waals surface area contributed by atoms with Gasteiger partial charge in [0.2, 0.25) is 0 Å². The van der Waals surface area contributed by atoms with Gasteiger partial charge in [-0.25, -0.2) is 4.39 Å². The van der Waals surface area contributed by atoms with Crippen molar-refractivity contribution in [3.8, 4) is 0 Å². The Labute approximate surface area is 151 Å². The third kappa shape index (κ3) is 3.70. The van der Waals surface area contributed by atoms with E-state index in [2.05, 4.69) is 5.32 Å². The highest BCUT2D eigenvalue weighted by molar-refractivity contribution is 6.17. The molecule has 0 radical (unpaired) electrons. The topological polar surface area (TPSA) is 46.2 Å². The van der Waals surface area contributed by atoms with E-state index in [1.807, 2.05) is 32.0 Å². The number of aryl methyl sites for hydroxylation is 2. The van der Waals surface area contributed by atoms with Crippen LogP contribution >= 0.6 is 0 Å². The number of halogens is 1. The van der Waals surface area contributed by atoms with Crippen LogP contribution in [0, 0.1) is 19.7 Å². The van der Waals surface area contributed by atoms with Gasteiger partial charge in [0.25, 0.3) is 5.91 Å². The number of hydrogen-bond donors (Lipinski definition) is 1. The van der Waals surface area contributed by atoms with Gasteiger partial charge in [-0.3, -0.25) is 9.59 Å². The normalized spacial score (nSPS) is 10.4. The number of rotatable bonds is 4. The lowest BCUT2D eigenvalue weighted by molar-refractivity contribution is 0.0996. The summed E-state index contributed by atoms with van der Waals surface area (Å²) in [6.45, 7) is 3.85. The van der Waals surface area contributed by atoms with Crippen LogP contribution in [-0.2, 0) is 0 Å². The summed E-state index contributed by atoms with van der Waals surface area (Å²) in [7, 11) is 0. The second-order valence-corrected chi connectivity index (χ2v) is 6.15. The maximum absolute atomic E-state index is 13.1. The van der Waals surface area contributed by atoms with Crippen molar-refractivity contribution in [2.45, 2.75) is 13.8 Å². The van der Waals surface area contributed by atoms with Crippen molar-refractivity contribution in [2.75, 3.05) is 5.32 Å². The number of amides is 1. The van der Waals surface area contributed by atoms with E-state index in [0.29, 0.717) is 11.3 Å². The Bertz CT molecular complexity index is 978. The minimum absolute atomic E-state index is 0.280. The summed E-state index contributed by atoms with van der Waals surface area (Å²) in [5, 5.41) is 2.87. The highest BCUT2D eigenvalue weighted by Crippen LogP contribution is 2.20. The van der Waals surface area contributed by atoms with Crippen LogP contribution in [0.3, 0.4) is 0 Å². The van der Waals surface area contributed by atoms with E-state index in [1.54, 1.807) is 24.3 Å². The summed E-state index contributed by atoms with van der Waals surface area (Å²) in [5.41, 5.74) is 3.56. The van der Waals surface area contributed by atoms with Crippen molar-refractivity contribution in [3.63, 3.8) is 0 Å². The molecule has 0 saturated heterocycles. The van der Waals surface area contributed by atoms with E-state index < -0.39 is 5.82 Å². The standard InChI is InChI=1S/C22H18FNO2/c1-14-7-8-15(2)20(13-14)24-22(26)19-6-4-3-5-18(19)21(25)16-9-11-17(23)12-10-16/h3-13H,1-2H3,(H,24,26). The molecule has 0 aliphatic rings. The molecule has 0 saturated carbocycles. The molecule has 3 nitrogen and oxygen atoms in total. The fourth-order valence-corrected chi connectivity index (χ4v) is 2.70. The second kappa shape index (κ2) is 7.31. The Morgan fingerprint density at radius 2 is 1.50 bits per heavy atom. The first kappa shape index (κ1) is 17.5. The van der Waals surface area contributed by atoms with Crippen molar-refractivity contribution in [2.24, 2.45) is 0 Å². The first-order chi connectivity index (χ1) is 12.5. The molecule has 0 aromatic heterocycles. The van der Waals surface area contributed by atoms with Gasteiger partial charge >= 0.3 is 0 Å². The third-order valence-corrected chi connectivity index (χ3v) is 4.16. The number of carbonyl (C=O) groups excluding carboxylic acids is 2. The summed E-state index contributed by atoms with van der Waals surface area (Å²) >= 11 is 0. The summed E-state index contributed by atoms with van der Waals surface area (Å²) in [5.74, 6) is -1.09. The molecule has 0 spiro atoms. The van der Waals surface area contributed by atoms with Crippen LogP contribution < -0.4 is 5.32 Å². The van der Waals surface area contributed by atoms with Crippen LogP contribution in [-0.4, -0.2) is 11.7 Å². The van der Waals surface area contributed by atoms with Gasteiger partial charge in [-0.05, 0) is 61.4 Å². The Kier molecular flexibility index (Phi) is 4.94. The largest absolute Gasteiger partial charge is 0.322 e. The Morgan fingerprint density at radius 1 is 0.846 bits per heavy atom. The molecule has 3 aromatic carbocycles. The fourth-order valence-electron chi connectivity index (χ4n) is 2.70. The number of ketones is 1. The van der Waals surface area contributed by atoms with Crippen molar-refractivity contribution in [1.82, 2.24) is 0 Å². The average Bonchev–Trinajstić information content (AvgIpc) is 2.64. The van der Waals surface area contributed by atoms with Gasteiger partial charge in [0.1, 0.15) is 5.82 Å². The number of hydrogen-bond acceptors (Lipinski definition) is 2. The van der Waals surface area contributed by atoms with Crippen LogP contribution in [0.5, 0.6) is 0 Å². The molecule has 0 aliphatic carbocycles. The fraction of sp³-hybridized carbons (Fsp3) is 0.0909. The van der Waals surface area contributed by atoms with E-state index in [4.69, 9.17) is 0 Å². The van der Waals surface area contributed by atoms with Crippen LogP contribution in [0.2, 0.25) is 0 Å². The van der Waals surface area contributed by atoms with E-state index in [1.165, 1.54) is 24.3 Å². The molecule has 0 atom stereocenters. The molecule has 0 unspecified atom stereocenters. The summed E-state index contributed by atoms with van der Waals surface area (Å²) in [6.07, 6.45) is 0. The zero-order valence-electron chi connectivity index (χ0n) is 14.5. The highest BCUT2D eigenvalue weighted by atomic mass is 19.1. The molecule has 3 rings (SSSR count). The zero-order chi connectivity index (χ0) is 18.7. The molecule has 0 heterocycles. The monoisotopic (exact) mass is 347 g/mol. The predicted molar refractivity (Wildman–Crippen MR) is 100 cm³/mol. The third-order valence-electron chi connectivity index (χ3n) is 4.16. The Morgan fingerprint density at radius 3 is 2.19 bits per heavy atom.